The lowest BCUT2D eigenvalue weighted by atomic mass is 9.99. The SMILES string of the molecule is CCCC(Br)(Br)c1cccc2c1CNC2. The Kier molecular flexibility index (Phi) is 3.53. The van der Waals surface area contributed by atoms with Gasteiger partial charge in [0.05, 0.1) is 0 Å². The molecular formula is C12H15Br2N. The first kappa shape index (κ1) is 11.6. The van der Waals surface area contributed by atoms with Crippen molar-refractivity contribution in [1.82, 2.24) is 5.32 Å². The minimum absolute atomic E-state index is 0.0495. The molecule has 0 saturated carbocycles. The highest BCUT2D eigenvalue weighted by Crippen LogP contribution is 2.45. The summed E-state index contributed by atoms with van der Waals surface area (Å²) in [5.74, 6) is 0. The van der Waals surface area contributed by atoms with E-state index < -0.39 is 0 Å². The summed E-state index contributed by atoms with van der Waals surface area (Å²) in [6, 6.07) is 6.57. The molecule has 2 rings (SSSR count). The van der Waals surface area contributed by atoms with E-state index in [1.165, 1.54) is 16.7 Å². The highest BCUT2D eigenvalue weighted by molar-refractivity contribution is 9.24. The fraction of sp³-hybridized carbons (Fsp3) is 0.500. The summed E-state index contributed by atoms with van der Waals surface area (Å²) in [4.78, 5) is 0. The third-order valence-electron chi connectivity index (χ3n) is 2.85. The van der Waals surface area contributed by atoms with Crippen LogP contribution in [-0.4, -0.2) is 0 Å². The average molecular weight is 333 g/mol. The van der Waals surface area contributed by atoms with Crippen molar-refractivity contribution in [2.45, 2.75) is 36.1 Å². The van der Waals surface area contributed by atoms with Gasteiger partial charge in [-0.15, -0.1) is 0 Å². The molecule has 0 aromatic heterocycles. The predicted octanol–water partition coefficient (Wildman–Crippen LogP) is 4.03. The van der Waals surface area contributed by atoms with Crippen LogP contribution in [-0.2, 0) is 16.3 Å². The minimum Gasteiger partial charge on any atom is -0.309 e. The van der Waals surface area contributed by atoms with Gasteiger partial charge in [0, 0.05) is 13.1 Å². The third-order valence-corrected chi connectivity index (χ3v) is 4.50. The molecule has 0 aliphatic carbocycles. The molecule has 1 aromatic rings. The summed E-state index contributed by atoms with van der Waals surface area (Å²) in [7, 11) is 0. The lowest BCUT2D eigenvalue weighted by Gasteiger charge is -2.23. The Bertz CT molecular complexity index is 361. The Morgan fingerprint density at radius 2 is 2.13 bits per heavy atom. The first-order valence-electron chi connectivity index (χ1n) is 5.35. The molecule has 0 fully saturated rings. The van der Waals surface area contributed by atoms with Gasteiger partial charge in [-0.3, -0.25) is 0 Å². The van der Waals surface area contributed by atoms with Gasteiger partial charge in [-0.1, -0.05) is 63.4 Å². The van der Waals surface area contributed by atoms with Crippen LogP contribution in [0.5, 0.6) is 0 Å². The first-order chi connectivity index (χ1) is 7.15. The second kappa shape index (κ2) is 4.56. The van der Waals surface area contributed by atoms with Crippen LogP contribution in [0.2, 0.25) is 0 Å². The zero-order valence-electron chi connectivity index (χ0n) is 8.82. The molecule has 15 heavy (non-hydrogen) atoms. The minimum atomic E-state index is -0.0495. The molecule has 3 heteroatoms. The van der Waals surface area contributed by atoms with Gasteiger partial charge in [-0.25, -0.2) is 0 Å². The monoisotopic (exact) mass is 331 g/mol. The molecule has 0 bridgehead atoms. The number of rotatable bonds is 3. The van der Waals surface area contributed by atoms with Crippen molar-refractivity contribution in [2.24, 2.45) is 0 Å². The highest BCUT2D eigenvalue weighted by Gasteiger charge is 2.29. The van der Waals surface area contributed by atoms with Crippen molar-refractivity contribution in [3.8, 4) is 0 Å². The molecule has 1 nitrogen and oxygen atoms in total. The van der Waals surface area contributed by atoms with Crippen molar-refractivity contribution in [3.63, 3.8) is 0 Å². The van der Waals surface area contributed by atoms with E-state index in [9.17, 15) is 0 Å². The number of halogens is 2. The van der Waals surface area contributed by atoms with Crippen LogP contribution in [0.4, 0.5) is 0 Å². The molecule has 1 aromatic carbocycles. The lowest BCUT2D eigenvalue weighted by Crippen LogP contribution is -2.12. The second-order valence-electron chi connectivity index (χ2n) is 4.00. The van der Waals surface area contributed by atoms with E-state index in [0.717, 1.165) is 25.9 Å². The molecule has 0 atom stereocenters. The second-order valence-corrected chi connectivity index (χ2v) is 7.77. The molecular weight excluding hydrogens is 318 g/mol. The van der Waals surface area contributed by atoms with E-state index in [1.54, 1.807) is 0 Å². The Labute approximate surface area is 108 Å². The van der Waals surface area contributed by atoms with Crippen LogP contribution in [0.15, 0.2) is 18.2 Å². The van der Waals surface area contributed by atoms with Gasteiger partial charge in [-0.2, -0.15) is 0 Å². The smallest absolute Gasteiger partial charge is 0.106 e. The summed E-state index contributed by atoms with van der Waals surface area (Å²) in [6.45, 7) is 4.21. The maximum absolute atomic E-state index is 3.79. The summed E-state index contributed by atoms with van der Waals surface area (Å²) < 4.78 is -0.0495. The number of fused-ring (bicyclic) bond motifs is 1. The summed E-state index contributed by atoms with van der Waals surface area (Å²) in [6.07, 6.45) is 2.26. The maximum atomic E-state index is 3.79. The van der Waals surface area contributed by atoms with Gasteiger partial charge in [0.15, 0.2) is 0 Å². The van der Waals surface area contributed by atoms with Crippen molar-refractivity contribution >= 4 is 31.9 Å². The zero-order valence-corrected chi connectivity index (χ0v) is 12.0. The van der Waals surface area contributed by atoms with Gasteiger partial charge in [0.1, 0.15) is 3.23 Å². The largest absolute Gasteiger partial charge is 0.309 e. The van der Waals surface area contributed by atoms with Crippen molar-refractivity contribution in [1.29, 1.82) is 0 Å². The van der Waals surface area contributed by atoms with Crippen LogP contribution in [0.3, 0.4) is 0 Å². The molecule has 0 amide bonds. The number of alkyl halides is 2. The summed E-state index contributed by atoms with van der Waals surface area (Å²) in [5.41, 5.74) is 4.28. The van der Waals surface area contributed by atoms with E-state index in [-0.39, 0.29) is 3.23 Å². The lowest BCUT2D eigenvalue weighted by molar-refractivity contribution is 0.734. The fourth-order valence-corrected chi connectivity index (χ4v) is 3.66. The van der Waals surface area contributed by atoms with Gasteiger partial charge in [-0.05, 0) is 23.1 Å². The van der Waals surface area contributed by atoms with E-state index in [2.05, 4.69) is 62.3 Å². The number of benzene rings is 1. The Balaban J connectivity index is 2.40. The van der Waals surface area contributed by atoms with Gasteiger partial charge >= 0.3 is 0 Å². The molecule has 0 spiro atoms. The normalized spacial score (nSPS) is 15.4. The van der Waals surface area contributed by atoms with E-state index in [1.807, 2.05) is 0 Å². The quantitative estimate of drug-likeness (QED) is 0.824. The summed E-state index contributed by atoms with van der Waals surface area (Å²) >= 11 is 7.59. The standard InChI is InChI=1S/C12H15Br2N/c1-2-6-12(13,14)11-5-3-4-9-7-15-8-10(9)11/h3-5,15H,2,6-8H2,1H3. The highest BCUT2D eigenvalue weighted by atomic mass is 79.9. The molecule has 0 saturated heterocycles. The number of hydrogen-bond acceptors (Lipinski definition) is 1. The number of nitrogens with one attached hydrogen (secondary N) is 1. The van der Waals surface area contributed by atoms with Crippen LogP contribution < -0.4 is 5.32 Å². The molecule has 1 heterocycles. The van der Waals surface area contributed by atoms with Gasteiger partial charge in [0.25, 0.3) is 0 Å². The van der Waals surface area contributed by atoms with E-state index in [0.29, 0.717) is 0 Å². The fourth-order valence-electron chi connectivity index (χ4n) is 2.12. The number of hydrogen-bond donors (Lipinski definition) is 1. The van der Waals surface area contributed by atoms with Crippen molar-refractivity contribution in [2.75, 3.05) is 0 Å². The molecule has 0 unspecified atom stereocenters. The molecule has 1 N–H and O–H groups in total. The molecule has 0 radical (unpaired) electrons. The molecule has 1 aliphatic heterocycles. The zero-order chi connectivity index (χ0) is 10.9. The Morgan fingerprint density at radius 3 is 2.87 bits per heavy atom. The summed E-state index contributed by atoms with van der Waals surface area (Å²) in [5, 5.41) is 3.40. The van der Waals surface area contributed by atoms with Gasteiger partial charge in [0.2, 0.25) is 0 Å². The van der Waals surface area contributed by atoms with Crippen LogP contribution >= 0.6 is 31.9 Å². The van der Waals surface area contributed by atoms with E-state index >= 15 is 0 Å². The van der Waals surface area contributed by atoms with Crippen molar-refractivity contribution in [3.05, 3.63) is 34.9 Å². The maximum Gasteiger partial charge on any atom is 0.106 e. The van der Waals surface area contributed by atoms with E-state index in [4.69, 9.17) is 0 Å². The Hall–Kier alpha value is 0.140. The van der Waals surface area contributed by atoms with Gasteiger partial charge < -0.3 is 5.32 Å². The van der Waals surface area contributed by atoms with Crippen LogP contribution in [0.25, 0.3) is 0 Å². The first-order valence-corrected chi connectivity index (χ1v) is 6.93. The van der Waals surface area contributed by atoms with Crippen LogP contribution in [0, 0.1) is 0 Å². The average Bonchev–Trinajstić information content (AvgIpc) is 2.64. The predicted molar refractivity (Wildman–Crippen MR) is 71.4 cm³/mol. The topological polar surface area (TPSA) is 12.0 Å². The molecule has 1 aliphatic rings. The Morgan fingerprint density at radius 1 is 1.33 bits per heavy atom. The molecule has 82 valence electrons. The van der Waals surface area contributed by atoms with Crippen LogP contribution in [0.1, 0.15) is 36.5 Å². The third kappa shape index (κ3) is 2.29. The van der Waals surface area contributed by atoms with Crippen molar-refractivity contribution < 1.29 is 0 Å².